The number of ether oxygens (including phenoxy) is 1. The van der Waals surface area contributed by atoms with E-state index in [0.29, 0.717) is 30.0 Å². The van der Waals surface area contributed by atoms with Gasteiger partial charge in [-0.2, -0.15) is 0 Å². The van der Waals surface area contributed by atoms with Crippen molar-refractivity contribution >= 4 is 29.9 Å². The normalized spacial score (nSPS) is 40.2. The van der Waals surface area contributed by atoms with Crippen molar-refractivity contribution in [2.24, 2.45) is 21.7 Å². The number of rotatable bonds is 4. The van der Waals surface area contributed by atoms with Crippen LogP contribution in [0.5, 0.6) is 0 Å². The minimum absolute atomic E-state index is 0. The molecule has 1 spiro atoms. The van der Waals surface area contributed by atoms with Gasteiger partial charge in [0, 0.05) is 35.9 Å². The summed E-state index contributed by atoms with van der Waals surface area (Å²) in [6.45, 7) is 6.82. The molecule has 0 aromatic heterocycles. The number of nitrogens with one attached hydrogen (secondary N) is 2. The zero-order chi connectivity index (χ0) is 18.2. The van der Waals surface area contributed by atoms with E-state index in [2.05, 4.69) is 24.5 Å². The summed E-state index contributed by atoms with van der Waals surface area (Å²) in [5, 5.41) is 17.7. The summed E-state index contributed by atoms with van der Waals surface area (Å²) in [7, 11) is 0. The van der Waals surface area contributed by atoms with Crippen molar-refractivity contribution in [3.8, 4) is 0 Å². The largest absolute Gasteiger partial charge is 0.392 e. The first kappa shape index (κ1) is 21.6. The number of hydrogen-bond acceptors (Lipinski definition) is 3. The van der Waals surface area contributed by atoms with Gasteiger partial charge in [-0.25, -0.2) is 0 Å². The van der Waals surface area contributed by atoms with Crippen LogP contribution in [0.15, 0.2) is 4.99 Å². The number of aliphatic hydroxyl groups is 1. The van der Waals surface area contributed by atoms with E-state index in [4.69, 9.17) is 9.73 Å². The van der Waals surface area contributed by atoms with Crippen molar-refractivity contribution in [3.05, 3.63) is 0 Å². The van der Waals surface area contributed by atoms with Crippen molar-refractivity contribution in [2.75, 3.05) is 19.7 Å². The highest BCUT2D eigenvalue weighted by atomic mass is 127. The van der Waals surface area contributed by atoms with E-state index < -0.39 is 0 Å². The standard InChI is InChI=1S/C21H37N3O2.HI/c1-3-22-19(23-14-20(2)10-5-4-8-16(20)25)24-17-15-9-13-26-18(15)21(17)11-6-7-12-21;/h15-18,25H,3-14H2,1-2H3,(H2,22,23,24);1H. The Balaban J connectivity index is 0.00000210. The van der Waals surface area contributed by atoms with E-state index in [1.807, 2.05) is 0 Å². The first-order valence-electron chi connectivity index (χ1n) is 10.9. The molecule has 0 bridgehead atoms. The Morgan fingerprint density at radius 3 is 2.59 bits per heavy atom. The zero-order valence-electron chi connectivity index (χ0n) is 17.0. The van der Waals surface area contributed by atoms with Gasteiger partial charge in [0.25, 0.3) is 0 Å². The summed E-state index contributed by atoms with van der Waals surface area (Å²) in [5.41, 5.74) is 0.260. The lowest BCUT2D eigenvalue weighted by Crippen LogP contribution is -2.69. The molecule has 3 aliphatic carbocycles. The highest BCUT2D eigenvalue weighted by Gasteiger charge is 2.65. The molecule has 0 aromatic rings. The van der Waals surface area contributed by atoms with Crippen LogP contribution in [0.25, 0.3) is 0 Å². The first-order chi connectivity index (χ1) is 12.6. The molecule has 1 saturated heterocycles. The van der Waals surface area contributed by atoms with Crippen LogP contribution in [0.3, 0.4) is 0 Å². The Hall–Kier alpha value is -0.0800. The van der Waals surface area contributed by atoms with Gasteiger partial charge in [-0.15, -0.1) is 24.0 Å². The first-order valence-corrected chi connectivity index (χ1v) is 10.9. The number of fused-ring (bicyclic) bond motifs is 2. The average molecular weight is 491 g/mol. The second kappa shape index (κ2) is 8.74. The third-order valence-electron chi connectivity index (χ3n) is 7.80. The van der Waals surface area contributed by atoms with E-state index in [0.717, 1.165) is 38.4 Å². The molecule has 1 aliphatic heterocycles. The molecule has 5 atom stereocenters. The Labute approximate surface area is 181 Å². The van der Waals surface area contributed by atoms with Crippen LogP contribution in [0, 0.1) is 16.7 Å². The highest BCUT2D eigenvalue weighted by molar-refractivity contribution is 14.0. The number of halogens is 1. The maximum absolute atomic E-state index is 10.5. The Bertz CT molecular complexity index is 538. The van der Waals surface area contributed by atoms with E-state index in [-0.39, 0.29) is 35.5 Å². The lowest BCUT2D eigenvalue weighted by atomic mass is 9.54. The van der Waals surface area contributed by atoms with Crippen molar-refractivity contribution in [1.82, 2.24) is 10.6 Å². The molecule has 5 nitrogen and oxygen atoms in total. The second-order valence-electron chi connectivity index (χ2n) is 9.42. The zero-order valence-corrected chi connectivity index (χ0v) is 19.3. The fourth-order valence-corrected chi connectivity index (χ4v) is 6.20. The molecule has 0 radical (unpaired) electrons. The van der Waals surface area contributed by atoms with Crippen LogP contribution in [0.1, 0.15) is 71.6 Å². The number of nitrogens with zero attached hydrogens (tertiary/aromatic N) is 1. The number of guanidine groups is 1. The van der Waals surface area contributed by atoms with Gasteiger partial charge in [0.15, 0.2) is 5.96 Å². The van der Waals surface area contributed by atoms with Crippen molar-refractivity contribution in [2.45, 2.75) is 89.9 Å². The minimum atomic E-state index is -0.222. The predicted molar refractivity (Wildman–Crippen MR) is 120 cm³/mol. The highest BCUT2D eigenvalue weighted by Crippen LogP contribution is 2.60. The number of aliphatic imine (C=N–C) groups is 1. The molecule has 4 rings (SSSR count). The van der Waals surface area contributed by atoms with Gasteiger partial charge in [0.1, 0.15) is 0 Å². The molecule has 1 heterocycles. The minimum Gasteiger partial charge on any atom is -0.392 e. The molecule has 156 valence electrons. The van der Waals surface area contributed by atoms with Gasteiger partial charge < -0.3 is 20.5 Å². The lowest BCUT2D eigenvalue weighted by Gasteiger charge is -2.57. The Morgan fingerprint density at radius 2 is 1.89 bits per heavy atom. The molecular formula is C21H38IN3O2. The molecule has 5 unspecified atom stereocenters. The van der Waals surface area contributed by atoms with Gasteiger partial charge in [0.05, 0.1) is 18.8 Å². The molecule has 27 heavy (non-hydrogen) atoms. The monoisotopic (exact) mass is 491 g/mol. The fourth-order valence-electron chi connectivity index (χ4n) is 6.20. The third-order valence-corrected chi connectivity index (χ3v) is 7.80. The van der Waals surface area contributed by atoms with Gasteiger partial charge in [-0.1, -0.05) is 32.6 Å². The van der Waals surface area contributed by atoms with Gasteiger partial charge >= 0.3 is 0 Å². The van der Waals surface area contributed by atoms with Crippen molar-refractivity contribution < 1.29 is 9.84 Å². The SMILES string of the molecule is CCNC(=NCC1(C)CCCCC1O)NC1C2CCOC2C12CCCC2.I. The smallest absolute Gasteiger partial charge is 0.191 e. The summed E-state index contributed by atoms with van der Waals surface area (Å²) in [5.74, 6) is 1.58. The van der Waals surface area contributed by atoms with Crippen LogP contribution in [0.2, 0.25) is 0 Å². The van der Waals surface area contributed by atoms with Crippen molar-refractivity contribution in [3.63, 3.8) is 0 Å². The molecule has 6 heteroatoms. The summed E-state index contributed by atoms with van der Waals surface area (Å²) in [4.78, 5) is 4.94. The summed E-state index contributed by atoms with van der Waals surface area (Å²) >= 11 is 0. The van der Waals surface area contributed by atoms with E-state index >= 15 is 0 Å². The molecule has 3 saturated carbocycles. The number of hydrogen-bond donors (Lipinski definition) is 3. The maximum atomic E-state index is 10.5. The fraction of sp³-hybridized carbons (Fsp3) is 0.952. The average Bonchev–Trinajstić information content (AvgIpc) is 3.29. The predicted octanol–water partition coefficient (Wildman–Crippen LogP) is 3.45. The topological polar surface area (TPSA) is 65.9 Å². The van der Waals surface area contributed by atoms with Crippen LogP contribution >= 0.6 is 24.0 Å². The van der Waals surface area contributed by atoms with Crippen LogP contribution in [0.4, 0.5) is 0 Å². The molecule has 0 amide bonds. The van der Waals surface area contributed by atoms with Gasteiger partial charge in [0.2, 0.25) is 0 Å². The summed E-state index contributed by atoms with van der Waals surface area (Å²) in [6, 6.07) is 0.499. The van der Waals surface area contributed by atoms with E-state index in [9.17, 15) is 5.11 Å². The molecular weight excluding hydrogens is 453 g/mol. The third kappa shape index (κ3) is 3.87. The summed E-state index contributed by atoms with van der Waals surface area (Å²) < 4.78 is 6.11. The van der Waals surface area contributed by atoms with E-state index in [1.54, 1.807) is 0 Å². The van der Waals surface area contributed by atoms with Crippen molar-refractivity contribution in [1.29, 1.82) is 0 Å². The van der Waals surface area contributed by atoms with Gasteiger partial charge in [-0.05, 0) is 39.0 Å². The summed E-state index contributed by atoms with van der Waals surface area (Å²) in [6.07, 6.45) is 11.0. The molecule has 4 fully saturated rings. The second-order valence-corrected chi connectivity index (χ2v) is 9.42. The number of aliphatic hydroxyl groups excluding tert-OH is 1. The van der Waals surface area contributed by atoms with Crippen LogP contribution in [-0.2, 0) is 4.74 Å². The van der Waals surface area contributed by atoms with Gasteiger partial charge in [-0.3, -0.25) is 4.99 Å². The Kier molecular flexibility index (Phi) is 7.00. The Morgan fingerprint density at radius 1 is 1.15 bits per heavy atom. The maximum Gasteiger partial charge on any atom is 0.191 e. The molecule has 4 aliphatic rings. The quantitative estimate of drug-likeness (QED) is 0.320. The van der Waals surface area contributed by atoms with Crippen LogP contribution in [-0.4, -0.2) is 49.0 Å². The molecule has 0 aromatic carbocycles. The lowest BCUT2D eigenvalue weighted by molar-refractivity contribution is -0.125. The molecule has 3 N–H and O–H groups in total. The van der Waals surface area contributed by atoms with E-state index in [1.165, 1.54) is 38.5 Å². The van der Waals surface area contributed by atoms with Crippen LogP contribution < -0.4 is 10.6 Å².